The zero-order chi connectivity index (χ0) is 12.3. The Labute approximate surface area is 103 Å². The molecule has 0 saturated carbocycles. The SMILES string of the molecule is CC(C)C(O)(CC(F)F)c1ccc(Br)cc1. The molecule has 90 valence electrons. The van der Waals surface area contributed by atoms with E-state index in [1.807, 2.05) is 0 Å². The Bertz CT molecular complexity index is 337. The van der Waals surface area contributed by atoms with Crippen LogP contribution in [0.1, 0.15) is 25.8 Å². The molecule has 1 aromatic carbocycles. The molecule has 0 aliphatic heterocycles. The molecule has 16 heavy (non-hydrogen) atoms. The highest BCUT2D eigenvalue weighted by atomic mass is 79.9. The van der Waals surface area contributed by atoms with Crippen LogP contribution in [0.15, 0.2) is 28.7 Å². The van der Waals surface area contributed by atoms with E-state index in [-0.39, 0.29) is 5.92 Å². The minimum atomic E-state index is -2.52. The number of benzene rings is 1. The highest BCUT2D eigenvalue weighted by molar-refractivity contribution is 9.10. The van der Waals surface area contributed by atoms with E-state index in [9.17, 15) is 13.9 Å². The van der Waals surface area contributed by atoms with Gasteiger partial charge in [0.25, 0.3) is 0 Å². The zero-order valence-electron chi connectivity index (χ0n) is 9.25. The summed E-state index contributed by atoms with van der Waals surface area (Å²) in [5.74, 6) is -0.261. The van der Waals surface area contributed by atoms with Crippen molar-refractivity contribution in [3.63, 3.8) is 0 Å². The fraction of sp³-hybridized carbons (Fsp3) is 0.500. The highest BCUT2D eigenvalue weighted by Gasteiger charge is 2.36. The summed E-state index contributed by atoms with van der Waals surface area (Å²) in [6.07, 6.45) is -3.05. The average molecular weight is 293 g/mol. The van der Waals surface area contributed by atoms with Crippen LogP contribution >= 0.6 is 15.9 Å². The number of aliphatic hydroxyl groups is 1. The van der Waals surface area contributed by atoms with E-state index in [2.05, 4.69) is 15.9 Å². The normalized spacial score (nSPS) is 15.5. The first-order valence-corrected chi connectivity index (χ1v) is 5.92. The Balaban J connectivity index is 3.06. The Hall–Kier alpha value is -0.480. The van der Waals surface area contributed by atoms with Crippen LogP contribution in [0.3, 0.4) is 0 Å². The quantitative estimate of drug-likeness (QED) is 0.891. The molecule has 0 aliphatic rings. The molecule has 1 nitrogen and oxygen atoms in total. The van der Waals surface area contributed by atoms with Crippen molar-refractivity contribution >= 4 is 15.9 Å². The van der Waals surface area contributed by atoms with Crippen molar-refractivity contribution in [3.05, 3.63) is 34.3 Å². The van der Waals surface area contributed by atoms with Crippen LogP contribution < -0.4 is 0 Å². The molecule has 0 bridgehead atoms. The molecule has 0 amide bonds. The molecule has 1 unspecified atom stereocenters. The van der Waals surface area contributed by atoms with E-state index >= 15 is 0 Å². The van der Waals surface area contributed by atoms with Crippen LogP contribution in [-0.4, -0.2) is 11.5 Å². The topological polar surface area (TPSA) is 20.2 Å². The lowest BCUT2D eigenvalue weighted by atomic mass is 9.81. The number of rotatable bonds is 4. The molecule has 1 N–H and O–H groups in total. The lowest BCUT2D eigenvalue weighted by Gasteiger charge is -2.32. The largest absolute Gasteiger partial charge is 0.385 e. The summed E-state index contributed by atoms with van der Waals surface area (Å²) >= 11 is 3.27. The minimum Gasteiger partial charge on any atom is -0.385 e. The van der Waals surface area contributed by atoms with Crippen LogP contribution in [0.5, 0.6) is 0 Å². The maximum absolute atomic E-state index is 12.5. The summed E-state index contributed by atoms with van der Waals surface area (Å²) in [5, 5.41) is 10.3. The molecule has 1 aromatic rings. The van der Waals surface area contributed by atoms with Crippen LogP contribution in [0.2, 0.25) is 0 Å². The van der Waals surface area contributed by atoms with Gasteiger partial charge in [-0.3, -0.25) is 0 Å². The number of hydrogen-bond acceptors (Lipinski definition) is 1. The zero-order valence-corrected chi connectivity index (χ0v) is 10.8. The summed E-state index contributed by atoms with van der Waals surface area (Å²) in [5.41, 5.74) is -0.930. The first-order chi connectivity index (χ1) is 7.36. The van der Waals surface area contributed by atoms with Gasteiger partial charge in [-0.1, -0.05) is 41.9 Å². The van der Waals surface area contributed by atoms with Gasteiger partial charge in [-0.05, 0) is 23.6 Å². The van der Waals surface area contributed by atoms with E-state index in [0.717, 1.165) is 4.47 Å². The van der Waals surface area contributed by atoms with Crippen molar-refractivity contribution in [3.8, 4) is 0 Å². The number of halogens is 3. The Morgan fingerprint density at radius 2 is 1.75 bits per heavy atom. The second-order valence-electron chi connectivity index (χ2n) is 4.18. The second-order valence-corrected chi connectivity index (χ2v) is 5.10. The fourth-order valence-corrected chi connectivity index (χ4v) is 1.92. The third-order valence-electron chi connectivity index (χ3n) is 2.76. The van der Waals surface area contributed by atoms with Crippen molar-refractivity contribution in [2.45, 2.75) is 32.3 Å². The molecule has 0 saturated heterocycles. The van der Waals surface area contributed by atoms with Gasteiger partial charge in [0, 0.05) is 10.9 Å². The molecule has 0 heterocycles. The predicted molar refractivity (Wildman–Crippen MR) is 63.5 cm³/mol. The van der Waals surface area contributed by atoms with Gasteiger partial charge in [-0.2, -0.15) is 0 Å². The van der Waals surface area contributed by atoms with Crippen molar-refractivity contribution in [1.29, 1.82) is 0 Å². The predicted octanol–water partition coefficient (Wildman–Crippen LogP) is 3.95. The summed E-state index contributed by atoms with van der Waals surface area (Å²) in [6, 6.07) is 6.83. The molecule has 1 atom stereocenters. The van der Waals surface area contributed by atoms with Gasteiger partial charge < -0.3 is 5.11 Å². The monoisotopic (exact) mass is 292 g/mol. The summed E-state index contributed by atoms with van der Waals surface area (Å²) < 4.78 is 25.8. The van der Waals surface area contributed by atoms with Gasteiger partial charge in [0.15, 0.2) is 0 Å². The van der Waals surface area contributed by atoms with Gasteiger partial charge in [-0.25, -0.2) is 8.78 Å². The average Bonchev–Trinajstić information content (AvgIpc) is 2.17. The van der Waals surface area contributed by atoms with E-state index in [0.29, 0.717) is 5.56 Å². The molecular weight excluding hydrogens is 278 g/mol. The molecule has 0 aromatic heterocycles. The first kappa shape index (κ1) is 13.6. The molecule has 1 rings (SSSR count). The van der Waals surface area contributed by atoms with E-state index < -0.39 is 18.4 Å². The molecular formula is C12H15BrF2O. The molecule has 4 heteroatoms. The van der Waals surface area contributed by atoms with Crippen LogP contribution in [0.25, 0.3) is 0 Å². The standard InChI is InChI=1S/C12H15BrF2O/c1-8(2)12(16,7-11(14)15)9-3-5-10(13)6-4-9/h3-6,8,11,16H,7H2,1-2H3. The van der Waals surface area contributed by atoms with Gasteiger partial charge in [0.1, 0.15) is 0 Å². The van der Waals surface area contributed by atoms with Crippen LogP contribution in [0, 0.1) is 5.92 Å². The third kappa shape index (κ3) is 3.01. The summed E-state index contributed by atoms with van der Waals surface area (Å²) in [4.78, 5) is 0. The van der Waals surface area contributed by atoms with Gasteiger partial charge in [-0.15, -0.1) is 0 Å². The molecule has 0 fully saturated rings. The third-order valence-corrected chi connectivity index (χ3v) is 3.29. The Kier molecular flexibility index (Phi) is 4.44. The molecule has 0 radical (unpaired) electrons. The lowest BCUT2D eigenvalue weighted by molar-refractivity contribution is -0.0606. The summed E-state index contributed by atoms with van der Waals surface area (Å²) in [7, 11) is 0. The Morgan fingerprint density at radius 3 is 2.12 bits per heavy atom. The highest BCUT2D eigenvalue weighted by Crippen LogP contribution is 2.35. The maximum Gasteiger partial charge on any atom is 0.241 e. The fourth-order valence-electron chi connectivity index (χ4n) is 1.66. The van der Waals surface area contributed by atoms with Crippen LogP contribution in [-0.2, 0) is 5.60 Å². The van der Waals surface area contributed by atoms with Crippen LogP contribution in [0.4, 0.5) is 8.78 Å². The Morgan fingerprint density at radius 1 is 1.25 bits per heavy atom. The van der Waals surface area contributed by atoms with Crippen molar-refractivity contribution in [1.82, 2.24) is 0 Å². The second kappa shape index (κ2) is 5.23. The molecule has 0 spiro atoms. The van der Waals surface area contributed by atoms with E-state index in [1.165, 1.54) is 0 Å². The van der Waals surface area contributed by atoms with E-state index in [4.69, 9.17) is 0 Å². The maximum atomic E-state index is 12.5. The lowest BCUT2D eigenvalue weighted by Crippen LogP contribution is -2.34. The minimum absolute atomic E-state index is 0.261. The van der Waals surface area contributed by atoms with Crippen molar-refractivity contribution in [2.24, 2.45) is 5.92 Å². The molecule has 0 aliphatic carbocycles. The van der Waals surface area contributed by atoms with Crippen molar-refractivity contribution < 1.29 is 13.9 Å². The first-order valence-electron chi connectivity index (χ1n) is 5.13. The summed E-state index contributed by atoms with van der Waals surface area (Å²) in [6.45, 7) is 3.48. The smallest absolute Gasteiger partial charge is 0.241 e. The van der Waals surface area contributed by atoms with Crippen molar-refractivity contribution in [2.75, 3.05) is 0 Å². The van der Waals surface area contributed by atoms with Gasteiger partial charge in [0.05, 0.1) is 5.60 Å². The van der Waals surface area contributed by atoms with E-state index in [1.54, 1.807) is 38.1 Å². The van der Waals surface area contributed by atoms with Gasteiger partial charge >= 0.3 is 0 Å². The number of hydrogen-bond donors (Lipinski definition) is 1. The number of alkyl halides is 2. The van der Waals surface area contributed by atoms with Gasteiger partial charge in [0.2, 0.25) is 6.43 Å².